The minimum Gasteiger partial charge on any atom is -0.394 e. The molecule has 0 radical (unpaired) electrons. The van der Waals surface area contributed by atoms with Gasteiger partial charge >= 0.3 is 10.4 Å². The Balaban J connectivity index is 1.44. The van der Waals surface area contributed by atoms with Gasteiger partial charge < -0.3 is 90.2 Å². The second-order valence-corrected chi connectivity index (χ2v) is 21.1. The van der Waals surface area contributed by atoms with Crippen molar-refractivity contribution in [3.63, 3.8) is 0 Å². The SMILES string of the molecule is CCCCCCCC/C=C\CCCCCCCC(=O)N[C@H]1[C@H](O[C@H]2C[C@@H](NC(C)=O)[C@H](O[C@H]3[C@H](O)[C@@H](NC(C)=O)[C@H](O[C@H]4C(O)[C@@H](NC(C)=O)[C@H](C)O[C@@H]4COS(=O)(=O)O)O[C@@H]3CO)O[C@@H]2CO)O[C@H](CO)[C@@H](O)[C@@H]1O. The van der Waals surface area contributed by atoms with Crippen LogP contribution in [0.4, 0.5) is 0 Å². The fraction of sp³-hybridized carbons (Fsp3) is 0.878. The highest BCUT2D eigenvalue weighted by Crippen LogP contribution is 2.35. The van der Waals surface area contributed by atoms with Crippen LogP contribution in [0, 0.1) is 0 Å². The van der Waals surface area contributed by atoms with Gasteiger partial charge in [0.05, 0.1) is 50.7 Å². The number of hydrogen-bond donors (Lipinski definition) is 12. The highest BCUT2D eigenvalue weighted by molar-refractivity contribution is 7.80. The van der Waals surface area contributed by atoms with Crippen molar-refractivity contribution in [3.05, 3.63) is 12.2 Å². The van der Waals surface area contributed by atoms with Gasteiger partial charge in [-0.2, -0.15) is 8.42 Å². The zero-order chi connectivity index (χ0) is 56.1. The van der Waals surface area contributed by atoms with Gasteiger partial charge in [-0.1, -0.05) is 70.4 Å². The van der Waals surface area contributed by atoms with Crippen molar-refractivity contribution >= 4 is 34.0 Å². The fourth-order valence-corrected chi connectivity index (χ4v) is 10.2. The Morgan fingerprint density at radius 3 is 1.63 bits per heavy atom. The predicted molar refractivity (Wildman–Crippen MR) is 267 cm³/mol. The molecule has 0 aliphatic carbocycles. The number of carbonyl (C=O) groups excluding carboxylic acids is 4. The Morgan fingerprint density at radius 2 is 1.05 bits per heavy atom. The molecule has 0 bridgehead atoms. The molecule has 4 heterocycles. The number of carbonyl (C=O) groups is 4. The molecule has 4 saturated heterocycles. The molecule has 4 fully saturated rings. The number of aliphatic hydroxyl groups is 7. The Bertz CT molecular complexity index is 1910. The summed E-state index contributed by atoms with van der Waals surface area (Å²) in [6, 6.07) is -5.34. The number of allylic oxidation sites excluding steroid dienone is 2. The van der Waals surface area contributed by atoms with Crippen LogP contribution in [0.25, 0.3) is 0 Å². The van der Waals surface area contributed by atoms with E-state index < -0.39 is 177 Å². The monoisotopic (exact) mass is 1110 g/mol. The fourth-order valence-electron chi connectivity index (χ4n) is 9.91. The van der Waals surface area contributed by atoms with E-state index in [1.54, 1.807) is 0 Å². The van der Waals surface area contributed by atoms with Crippen LogP contribution in [0.3, 0.4) is 0 Å². The average molecular weight is 1120 g/mol. The maximum absolute atomic E-state index is 13.3. The number of aliphatic hydroxyl groups excluding tert-OH is 7. The molecule has 0 spiro atoms. The lowest BCUT2D eigenvalue weighted by molar-refractivity contribution is -0.349. The standard InChI is InChI=1S/C49H86N4O22S/c1-6-7-8-9-10-11-12-13-14-15-16-17-18-19-20-21-37(60)53-39-42(62)41(61)34(24-55)72-48(39)70-32-22-31(50-28(3)57)47(71-33(32)23-54)74-45-35(25-56)73-49(40(44(45)64)52-30(5)59)75-46-36(26-68-76(65,66)67)69-27(2)38(43(46)63)51-29(4)58/h13-14,27,31-36,38-49,54-56,61-64H,6-12,15-26H2,1-5H3,(H,50,57)(H,51,58)(H,52,59)(H,53,60)(H,65,66,67)/b14-13-/t27-,31+,32-,33+,34+,35+,36+,38-,39+,40+,41+,42+,43?,44+,45+,46+,47-,48+,49-/m0/s1. The maximum Gasteiger partial charge on any atom is 0.397 e. The predicted octanol–water partition coefficient (Wildman–Crippen LogP) is -1.23. The van der Waals surface area contributed by atoms with E-state index in [1.165, 1.54) is 59.3 Å². The normalized spacial score (nSPS) is 35.1. The third-order valence-electron chi connectivity index (χ3n) is 13.8. The summed E-state index contributed by atoms with van der Waals surface area (Å²) >= 11 is 0. The first-order valence-corrected chi connectivity index (χ1v) is 28.0. The zero-order valence-corrected chi connectivity index (χ0v) is 45.1. The van der Waals surface area contributed by atoms with Gasteiger partial charge in [-0.3, -0.25) is 23.7 Å². The molecule has 4 aliphatic rings. The third-order valence-corrected chi connectivity index (χ3v) is 14.2. The third kappa shape index (κ3) is 20.5. The van der Waals surface area contributed by atoms with Gasteiger partial charge in [0.15, 0.2) is 18.9 Å². The lowest BCUT2D eigenvalue weighted by Gasteiger charge is -2.50. The van der Waals surface area contributed by atoms with Crippen molar-refractivity contribution in [1.29, 1.82) is 0 Å². The average Bonchev–Trinajstić information content (AvgIpc) is 3.35. The molecule has 12 N–H and O–H groups in total. The smallest absolute Gasteiger partial charge is 0.394 e. The van der Waals surface area contributed by atoms with Gasteiger partial charge in [0.25, 0.3) is 0 Å². The molecule has 440 valence electrons. The summed E-state index contributed by atoms with van der Waals surface area (Å²) in [5.41, 5.74) is 0. The van der Waals surface area contributed by atoms with Crippen LogP contribution in [0.2, 0.25) is 0 Å². The molecule has 4 aliphatic heterocycles. The van der Waals surface area contributed by atoms with E-state index in [-0.39, 0.29) is 12.8 Å². The van der Waals surface area contributed by atoms with Crippen LogP contribution < -0.4 is 21.3 Å². The topological polar surface area (TPSA) is 386 Å². The second kappa shape index (κ2) is 32.9. The molecule has 4 rings (SSSR count). The van der Waals surface area contributed by atoms with E-state index in [0.717, 1.165) is 45.4 Å². The molecular formula is C49H86N4O22S. The minimum atomic E-state index is -5.05. The first-order valence-electron chi connectivity index (χ1n) is 26.6. The molecule has 0 aromatic rings. The number of rotatable bonds is 31. The summed E-state index contributed by atoms with van der Waals surface area (Å²) in [5, 5.41) is 87.2. The lowest BCUT2D eigenvalue weighted by atomic mass is 9.92. The van der Waals surface area contributed by atoms with E-state index in [0.29, 0.717) is 6.42 Å². The molecule has 27 heteroatoms. The summed E-state index contributed by atoms with van der Waals surface area (Å²) in [5.74, 6) is -2.40. The van der Waals surface area contributed by atoms with Crippen LogP contribution in [0.15, 0.2) is 12.2 Å². The lowest BCUT2D eigenvalue weighted by Crippen LogP contribution is -2.70. The Kier molecular flexibility index (Phi) is 28.3. The molecule has 4 amide bonds. The van der Waals surface area contributed by atoms with Gasteiger partial charge in [-0.25, -0.2) is 4.18 Å². The number of unbranched alkanes of at least 4 members (excludes halogenated alkanes) is 11. The van der Waals surface area contributed by atoms with Crippen molar-refractivity contribution < 1.29 is 105 Å². The van der Waals surface area contributed by atoms with Crippen molar-refractivity contribution in [3.8, 4) is 0 Å². The molecule has 76 heavy (non-hydrogen) atoms. The zero-order valence-electron chi connectivity index (χ0n) is 44.3. The van der Waals surface area contributed by atoms with E-state index in [9.17, 15) is 67.9 Å². The number of hydrogen-bond acceptors (Lipinski definition) is 21. The minimum absolute atomic E-state index is 0.0894. The Labute approximate surface area is 445 Å². The summed E-state index contributed by atoms with van der Waals surface area (Å²) in [6.45, 7) is 3.75. The molecule has 0 saturated carbocycles. The van der Waals surface area contributed by atoms with Crippen LogP contribution in [-0.2, 0) is 66.9 Å². The summed E-state index contributed by atoms with van der Waals surface area (Å²) < 4.78 is 79.4. The molecule has 0 aromatic carbocycles. The first-order chi connectivity index (χ1) is 36.1. The molecule has 26 nitrogen and oxygen atoms in total. The summed E-state index contributed by atoms with van der Waals surface area (Å²) in [7, 11) is -5.05. The van der Waals surface area contributed by atoms with Gasteiger partial charge in [0.1, 0.15) is 73.1 Å². The number of nitrogens with one attached hydrogen (secondary N) is 4. The second-order valence-electron chi connectivity index (χ2n) is 20.0. The van der Waals surface area contributed by atoms with Gasteiger partial charge in [0, 0.05) is 33.6 Å². The molecule has 19 atom stereocenters. The van der Waals surface area contributed by atoms with Gasteiger partial charge in [0.2, 0.25) is 23.6 Å². The van der Waals surface area contributed by atoms with Crippen LogP contribution in [-0.4, -0.2) is 215 Å². The van der Waals surface area contributed by atoms with E-state index in [4.69, 9.17) is 33.2 Å². The van der Waals surface area contributed by atoms with Gasteiger partial charge in [-0.15, -0.1) is 0 Å². The molecular weight excluding hydrogens is 1030 g/mol. The highest BCUT2D eigenvalue weighted by atomic mass is 32.3. The quantitative estimate of drug-likeness (QED) is 0.0220. The Hall–Kier alpha value is -3.07. The van der Waals surface area contributed by atoms with Crippen molar-refractivity contribution in [2.75, 3.05) is 26.4 Å². The molecule has 1 unspecified atom stereocenters. The largest absolute Gasteiger partial charge is 0.397 e. The van der Waals surface area contributed by atoms with E-state index in [1.807, 2.05) is 0 Å². The van der Waals surface area contributed by atoms with Crippen molar-refractivity contribution in [2.45, 2.75) is 247 Å². The highest BCUT2D eigenvalue weighted by Gasteiger charge is 2.54. The van der Waals surface area contributed by atoms with Gasteiger partial charge in [-0.05, 0) is 39.0 Å². The van der Waals surface area contributed by atoms with Crippen LogP contribution >= 0.6 is 0 Å². The van der Waals surface area contributed by atoms with E-state index >= 15 is 0 Å². The molecule has 0 aromatic heterocycles. The number of amides is 4. The summed E-state index contributed by atoms with van der Waals surface area (Å²) in [6.07, 6.45) is -4.72. The Morgan fingerprint density at radius 1 is 0.566 bits per heavy atom. The number of ether oxygens (including phenoxy) is 7. The maximum atomic E-state index is 13.3. The van der Waals surface area contributed by atoms with Crippen LogP contribution in [0.5, 0.6) is 0 Å². The van der Waals surface area contributed by atoms with Crippen molar-refractivity contribution in [1.82, 2.24) is 21.3 Å². The van der Waals surface area contributed by atoms with Crippen molar-refractivity contribution in [2.24, 2.45) is 0 Å². The van der Waals surface area contributed by atoms with E-state index in [2.05, 4.69) is 44.5 Å². The first kappa shape index (κ1) is 65.4. The summed E-state index contributed by atoms with van der Waals surface area (Å²) in [4.78, 5) is 50.6. The van der Waals surface area contributed by atoms with Crippen LogP contribution in [0.1, 0.15) is 131 Å².